The van der Waals surface area contributed by atoms with Crippen molar-refractivity contribution >= 4 is 17.0 Å². The van der Waals surface area contributed by atoms with Gasteiger partial charge in [-0.1, -0.05) is 37.3 Å². The van der Waals surface area contributed by atoms with Crippen LogP contribution < -0.4 is 5.73 Å². The molecule has 0 unspecified atom stereocenters. The molecule has 3 heteroatoms. The lowest BCUT2D eigenvalue weighted by atomic mass is 10.1. The quantitative estimate of drug-likeness (QED) is 0.711. The van der Waals surface area contributed by atoms with E-state index in [0.29, 0.717) is 0 Å². The summed E-state index contributed by atoms with van der Waals surface area (Å²) >= 11 is 1.76. The highest BCUT2D eigenvalue weighted by molar-refractivity contribution is 7.15. The van der Waals surface area contributed by atoms with E-state index in [4.69, 9.17) is 10.7 Å². The summed E-state index contributed by atoms with van der Waals surface area (Å²) in [6.07, 6.45) is 0.997. The molecule has 0 atom stereocenters. The van der Waals surface area contributed by atoms with Gasteiger partial charge < -0.3 is 5.73 Å². The minimum Gasteiger partial charge on any atom is -0.399 e. The maximum atomic E-state index is 5.74. The van der Waals surface area contributed by atoms with Crippen molar-refractivity contribution in [3.8, 4) is 21.8 Å². The number of hydrogen-bond acceptors (Lipinski definition) is 3. The van der Waals surface area contributed by atoms with E-state index in [-0.39, 0.29) is 0 Å². The van der Waals surface area contributed by atoms with Crippen molar-refractivity contribution in [2.45, 2.75) is 13.3 Å². The Kier molecular flexibility index (Phi) is 3.52. The Balaban J connectivity index is 2.07. The number of rotatable bonds is 3. The molecule has 2 nitrogen and oxygen atoms in total. The fraction of sp³-hybridized carbons (Fsp3) is 0.118. The normalized spacial score (nSPS) is 10.7. The Labute approximate surface area is 122 Å². The largest absolute Gasteiger partial charge is 0.399 e. The van der Waals surface area contributed by atoms with Crippen LogP contribution in [0.2, 0.25) is 0 Å². The number of nitrogens with two attached hydrogens (primary N) is 1. The molecular weight excluding hydrogens is 264 g/mol. The topological polar surface area (TPSA) is 38.9 Å². The molecule has 0 aliphatic carbocycles. The highest BCUT2D eigenvalue weighted by Crippen LogP contribution is 2.34. The van der Waals surface area contributed by atoms with E-state index >= 15 is 0 Å². The predicted molar refractivity (Wildman–Crippen MR) is 86.8 cm³/mol. The van der Waals surface area contributed by atoms with E-state index in [9.17, 15) is 0 Å². The predicted octanol–water partition coefficient (Wildman–Crippen LogP) is 4.62. The zero-order valence-corrected chi connectivity index (χ0v) is 12.2. The van der Waals surface area contributed by atoms with Gasteiger partial charge in [0.1, 0.15) is 5.01 Å². The monoisotopic (exact) mass is 280 g/mol. The fourth-order valence-corrected chi connectivity index (χ4v) is 3.19. The highest BCUT2D eigenvalue weighted by atomic mass is 32.1. The molecular formula is C17H16N2S. The maximum absolute atomic E-state index is 5.74. The smallest absolute Gasteiger partial charge is 0.124 e. The van der Waals surface area contributed by atoms with Crippen LogP contribution in [0, 0.1) is 0 Å². The Morgan fingerprint density at radius 1 is 0.950 bits per heavy atom. The molecule has 0 saturated carbocycles. The lowest BCUT2D eigenvalue weighted by molar-refractivity contribution is 1.17. The second-order valence-electron chi connectivity index (χ2n) is 4.63. The molecule has 1 aromatic heterocycles. The van der Waals surface area contributed by atoms with E-state index in [2.05, 4.69) is 31.2 Å². The molecule has 0 radical (unpaired) electrons. The third-order valence-electron chi connectivity index (χ3n) is 3.22. The number of aromatic nitrogens is 1. The van der Waals surface area contributed by atoms with Crippen molar-refractivity contribution in [3.63, 3.8) is 0 Å². The standard InChI is InChI=1S/C17H16N2S/c1-2-15-16(12-6-4-3-5-7-12)19-17(20-15)13-8-10-14(18)11-9-13/h3-11H,2,18H2,1H3. The second-order valence-corrected chi connectivity index (χ2v) is 5.72. The first-order chi connectivity index (χ1) is 9.78. The minimum absolute atomic E-state index is 0.782. The number of hydrogen-bond donors (Lipinski definition) is 1. The summed E-state index contributed by atoms with van der Waals surface area (Å²) < 4.78 is 0. The molecule has 0 bridgehead atoms. The molecule has 0 saturated heterocycles. The maximum Gasteiger partial charge on any atom is 0.124 e. The van der Waals surface area contributed by atoms with Crippen LogP contribution in [0.15, 0.2) is 54.6 Å². The van der Waals surface area contributed by atoms with E-state index in [0.717, 1.165) is 28.4 Å². The van der Waals surface area contributed by atoms with Crippen LogP contribution in [0.3, 0.4) is 0 Å². The minimum atomic E-state index is 0.782. The zero-order valence-electron chi connectivity index (χ0n) is 11.3. The molecule has 3 aromatic rings. The Morgan fingerprint density at radius 3 is 2.30 bits per heavy atom. The van der Waals surface area contributed by atoms with Gasteiger partial charge in [0.15, 0.2) is 0 Å². The Bertz CT molecular complexity index is 700. The van der Waals surface area contributed by atoms with Crippen LogP contribution in [0.1, 0.15) is 11.8 Å². The number of benzene rings is 2. The first-order valence-corrected chi connectivity index (χ1v) is 7.50. The Hall–Kier alpha value is -2.13. The molecule has 0 fully saturated rings. The molecule has 0 amide bonds. The lowest BCUT2D eigenvalue weighted by Crippen LogP contribution is -1.84. The summed E-state index contributed by atoms with van der Waals surface area (Å²) in [6.45, 7) is 2.17. The van der Waals surface area contributed by atoms with Gasteiger partial charge in [-0.3, -0.25) is 0 Å². The highest BCUT2D eigenvalue weighted by Gasteiger charge is 2.12. The van der Waals surface area contributed by atoms with E-state index < -0.39 is 0 Å². The molecule has 0 aliphatic heterocycles. The third-order valence-corrected chi connectivity index (χ3v) is 4.47. The van der Waals surface area contributed by atoms with Crippen molar-refractivity contribution in [2.24, 2.45) is 0 Å². The molecule has 20 heavy (non-hydrogen) atoms. The average molecular weight is 280 g/mol. The summed E-state index contributed by atoms with van der Waals surface area (Å²) in [6, 6.07) is 18.3. The van der Waals surface area contributed by atoms with Gasteiger partial charge in [0.05, 0.1) is 5.69 Å². The molecule has 2 N–H and O–H groups in total. The van der Waals surface area contributed by atoms with E-state index in [1.54, 1.807) is 11.3 Å². The van der Waals surface area contributed by atoms with Gasteiger partial charge >= 0.3 is 0 Å². The second kappa shape index (κ2) is 5.47. The summed E-state index contributed by atoms with van der Waals surface area (Å²) in [7, 11) is 0. The Morgan fingerprint density at radius 2 is 1.65 bits per heavy atom. The van der Waals surface area contributed by atoms with Gasteiger partial charge in [-0.05, 0) is 30.7 Å². The van der Waals surface area contributed by atoms with Gasteiger partial charge in [-0.2, -0.15) is 0 Å². The molecule has 2 aromatic carbocycles. The van der Waals surface area contributed by atoms with E-state index in [1.165, 1.54) is 10.4 Å². The molecule has 100 valence electrons. The first kappa shape index (κ1) is 12.9. The van der Waals surface area contributed by atoms with Crippen molar-refractivity contribution in [3.05, 3.63) is 59.5 Å². The lowest BCUT2D eigenvalue weighted by Gasteiger charge is -1.99. The van der Waals surface area contributed by atoms with E-state index in [1.807, 2.05) is 30.3 Å². The SMILES string of the molecule is CCc1sc(-c2ccc(N)cc2)nc1-c1ccccc1. The number of aryl methyl sites for hydroxylation is 1. The number of nitrogen functional groups attached to an aromatic ring is 1. The van der Waals surface area contributed by atoms with Gasteiger partial charge in [-0.15, -0.1) is 11.3 Å². The summed E-state index contributed by atoms with van der Waals surface area (Å²) in [5, 5.41) is 1.06. The summed E-state index contributed by atoms with van der Waals surface area (Å²) in [5.41, 5.74) is 9.93. The summed E-state index contributed by atoms with van der Waals surface area (Å²) in [4.78, 5) is 6.15. The molecule has 3 rings (SSSR count). The van der Waals surface area contributed by atoms with Gasteiger partial charge in [0, 0.05) is 21.7 Å². The van der Waals surface area contributed by atoms with Crippen molar-refractivity contribution in [1.29, 1.82) is 0 Å². The fourth-order valence-electron chi connectivity index (χ4n) is 2.16. The molecule has 1 heterocycles. The van der Waals surface area contributed by atoms with Crippen molar-refractivity contribution < 1.29 is 0 Å². The number of nitrogens with zero attached hydrogens (tertiary/aromatic N) is 1. The van der Waals surface area contributed by atoms with Crippen LogP contribution in [0.5, 0.6) is 0 Å². The van der Waals surface area contributed by atoms with Crippen LogP contribution >= 0.6 is 11.3 Å². The van der Waals surface area contributed by atoms with Gasteiger partial charge in [-0.25, -0.2) is 4.98 Å². The van der Waals surface area contributed by atoms with Crippen LogP contribution in [0.4, 0.5) is 5.69 Å². The van der Waals surface area contributed by atoms with Crippen LogP contribution in [-0.2, 0) is 6.42 Å². The summed E-state index contributed by atoms with van der Waals surface area (Å²) in [5.74, 6) is 0. The average Bonchev–Trinajstić information content (AvgIpc) is 2.93. The molecule has 0 spiro atoms. The zero-order chi connectivity index (χ0) is 13.9. The van der Waals surface area contributed by atoms with Crippen LogP contribution in [-0.4, -0.2) is 4.98 Å². The molecule has 0 aliphatic rings. The van der Waals surface area contributed by atoms with Gasteiger partial charge in [0.25, 0.3) is 0 Å². The van der Waals surface area contributed by atoms with Gasteiger partial charge in [0.2, 0.25) is 0 Å². The van der Waals surface area contributed by atoms with Crippen molar-refractivity contribution in [2.75, 3.05) is 5.73 Å². The third kappa shape index (κ3) is 2.45. The number of thiazole rings is 1. The first-order valence-electron chi connectivity index (χ1n) is 6.69. The number of anilines is 1. The van der Waals surface area contributed by atoms with Crippen LogP contribution in [0.25, 0.3) is 21.8 Å². The van der Waals surface area contributed by atoms with Crippen molar-refractivity contribution in [1.82, 2.24) is 4.98 Å².